The fourth-order valence-corrected chi connectivity index (χ4v) is 1.58. The lowest BCUT2D eigenvalue weighted by Crippen LogP contribution is -2.12. The summed E-state index contributed by atoms with van der Waals surface area (Å²) in [5, 5.41) is 2.84. The lowest BCUT2D eigenvalue weighted by molar-refractivity contribution is 0.0998. The molecule has 0 saturated carbocycles. The Kier molecular flexibility index (Phi) is 3.61. The van der Waals surface area contributed by atoms with Gasteiger partial charge in [-0.2, -0.15) is 4.98 Å². The fourth-order valence-electron chi connectivity index (χ4n) is 1.58. The van der Waals surface area contributed by atoms with Gasteiger partial charge in [-0.3, -0.25) is 4.79 Å². The zero-order valence-electron chi connectivity index (χ0n) is 10.7. The van der Waals surface area contributed by atoms with Gasteiger partial charge in [0.25, 0.3) is 5.91 Å². The summed E-state index contributed by atoms with van der Waals surface area (Å²) in [6.45, 7) is 1.83. The molecule has 19 heavy (non-hydrogen) atoms. The van der Waals surface area contributed by atoms with E-state index >= 15 is 0 Å². The molecule has 6 nitrogen and oxygen atoms in total. The normalized spacial score (nSPS) is 10.0. The van der Waals surface area contributed by atoms with Crippen molar-refractivity contribution in [3.05, 3.63) is 41.6 Å². The van der Waals surface area contributed by atoms with Crippen LogP contribution in [-0.4, -0.2) is 22.9 Å². The second-order valence-corrected chi connectivity index (χ2v) is 3.88. The van der Waals surface area contributed by atoms with Gasteiger partial charge in [-0.05, 0) is 19.1 Å². The van der Waals surface area contributed by atoms with Gasteiger partial charge in [-0.15, -0.1) is 0 Å². The number of nitrogens with one attached hydrogen (secondary N) is 1. The lowest BCUT2D eigenvalue weighted by Gasteiger charge is -2.09. The lowest BCUT2D eigenvalue weighted by atomic mass is 10.2. The van der Waals surface area contributed by atoms with Gasteiger partial charge in [0.2, 0.25) is 11.8 Å². The molecule has 0 radical (unpaired) electrons. The maximum atomic E-state index is 11.3. The average molecular weight is 258 g/mol. The van der Waals surface area contributed by atoms with Gasteiger partial charge < -0.3 is 15.8 Å². The Balaban J connectivity index is 2.36. The van der Waals surface area contributed by atoms with Crippen LogP contribution in [0.15, 0.2) is 30.3 Å². The van der Waals surface area contributed by atoms with Crippen LogP contribution in [0.1, 0.15) is 16.1 Å². The molecule has 0 spiro atoms. The minimum Gasteiger partial charge on any atom is -0.438 e. The summed E-state index contributed by atoms with van der Waals surface area (Å²) in [5.74, 6) is 0.627. The Morgan fingerprint density at radius 3 is 2.74 bits per heavy atom. The van der Waals surface area contributed by atoms with Crippen molar-refractivity contribution < 1.29 is 9.53 Å². The summed E-state index contributed by atoms with van der Waals surface area (Å²) in [6.07, 6.45) is 0. The van der Waals surface area contributed by atoms with E-state index in [2.05, 4.69) is 15.3 Å². The van der Waals surface area contributed by atoms with Crippen molar-refractivity contribution in [2.75, 3.05) is 12.4 Å². The Bertz CT molecular complexity index is 613. The van der Waals surface area contributed by atoms with Gasteiger partial charge in [0, 0.05) is 18.8 Å². The Morgan fingerprint density at radius 2 is 2.05 bits per heavy atom. The zero-order valence-corrected chi connectivity index (χ0v) is 10.7. The molecule has 0 unspecified atom stereocenters. The molecule has 1 heterocycles. The molecule has 3 N–H and O–H groups in total. The number of carbonyl (C=O) groups is 1. The monoisotopic (exact) mass is 258 g/mol. The highest BCUT2D eigenvalue weighted by atomic mass is 16.5. The molecule has 6 heteroatoms. The van der Waals surface area contributed by atoms with E-state index in [1.807, 2.05) is 6.92 Å². The smallest absolute Gasteiger partial charge is 0.252 e. The summed E-state index contributed by atoms with van der Waals surface area (Å²) >= 11 is 0. The first-order chi connectivity index (χ1) is 9.10. The molecule has 0 atom stereocenters. The largest absolute Gasteiger partial charge is 0.438 e. The molecule has 98 valence electrons. The van der Waals surface area contributed by atoms with E-state index in [0.717, 1.165) is 5.69 Å². The number of hydrogen-bond acceptors (Lipinski definition) is 5. The third-order valence-electron chi connectivity index (χ3n) is 2.42. The van der Waals surface area contributed by atoms with E-state index in [1.54, 1.807) is 37.4 Å². The molecular formula is C13H14N4O2. The third kappa shape index (κ3) is 2.98. The van der Waals surface area contributed by atoms with Crippen LogP contribution in [0.2, 0.25) is 0 Å². The summed E-state index contributed by atoms with van der Waals surface area (Å²) in [5.41, 5.74) is 6.36. The van der Waals surface area contributed by atoms with E-state index in [0.29, 0.717) is 23.1 Å². The SMILES string of the molecule is CNc1nc(C)cc(Oc2ccccc2C(N)=O)n1. The Labute approximate surface area is 110 Å². The van der Waals surface area contributed by atoms with Crippen molar-refractivity contribution in [1.29, 1.82) is 0 Å². The van der Waals surface area contributed by atoms with Gasteiger partial charge in [-0.25, -0.2) is 4.98 Å². The van der Waals surface area contributed by atoms with Crippen LogP contribution in [0, 0.1) is 6.92 Å². The molecule has 2 aromatic rings. The van der Waals surface area contributed by atoms with E-state index < -0.39 is 5.91 Å². The molecule has 1 aromatic carbocycles. The topological polar surface area (TPSA) is 90.1 Å². The van der Waals surface area contributed by atoms with Crippen molar-refractivity contribution in [1.82, 2.24) is 9.97 Å². The quantitative estimate of drug-likeness (QED) is 0.871. The first-order valence-corrected chi connectivity index (χ1v) is 5.70. The van der Waals surface area contributed by atoms with Crippen LogP contribution in [0.3, 0.4) is 0 Å². The second kappa shape index (κ2) is 5.34. The maximum Gasteiger partial charge on any atom is 0.252 e. The van der Waals surface area contributed by atoms with Gasteiger partial charge in [-0.1, -0.05) is 12.1 Å². The maximum absolute atomic E-state index is 11.3. The molecule has 0 aliphatic heterocycles. The molecule has 0 bridgehead atoms. The fraction of sp³-hybridized carbons (Fsp3) is 0.154. The highest BCUT2D eigenvalue weighted by molar-refractivity contribution is 5.95. The first-order valence-electron chi connectivity index (χ1n) is 5.70. The van der Waals surface area contributed by atoms with Crippen LogP contribution < -0.4 is 15.8 Å². The number of para-hydroxylation sites is 1. The number of rotatable bonds is 4. The molecule has 1 aromatic heterocycles. The summed E-state index contributed by atoms with van der Waals surface area (Å²) < 4.78 is 5.60. The highest BCUT2D eigenvalue weighted by Gasteiger charge is 2.10. The van der Waals surface area contributed by atoms with Gasteiger partial charge in [0.15, 0.2) is 0 Å². The van der Waals surface area contributed by atoms with E-state index in [9.17, 15) is 4.79 Å². The number of anilines is 1. The zero-order chi connectivity index (χ0) is 13.8. The van der Waals surface area contributed by atoms with Crippen molar-refractivity contribution >= 4 is 11.9 Å². The minimum absolute atomic E-state index is 0.310. The molecule has 0 saturated heterocycles. The number of nitrogens with two attached hydrogens (primary N) is 1. The number of nitrogens with zero attached hydrogens (tertiary/aromatic N) is 2. The van der Waals surface area contributed by atoms with Crippen molar-refractivity contribution in [3.8, 4) is 11.6 Å². The molecule has 2 rings (SSSR count). The predicted octanol–water partition coefficient (Wildman–Crippen LogP) is 1.72. The minimum atomic E-state index is -0.546. The number of benzene rings is 1. The van der Waals surface area contributed by atoms with Gasteiger partial charge in [0.05, 0.1) is 5.56 Å². The summed E-state index contributed by atoms with van der Waals surface area (Å²) in [7, 11) is 1.72. The second-order valence-electron chi connectivity index (χ2n) is 3.88. The summed E-state index contributed by atoms with van der Waals surface area (Å²) in [4.78, 5) is 19.6. The third-order valence-corrected chi connectivity index (χ3v) is 2.42. The number of primary amides is 1. The molecular weight excluding hydrogens is 244 g/mol. The number of hydrogen-bond donors (Lipinski definition) is 2. The first kappa shape index (κ1) is 12.8. The molecule has 0 aliphatic rings. The molecule has 0 fully saturated rings. The number of amides is 1. The van der Waals surface area contributed by atoms with Crippen LogP contribution in [0.25, 0.3) is 0 Å². The summed E-state index contributed by atoms with van der Waals surface area (Å²) in [6, 6.07) is 8.42. The Morgan fingerprint density at radius 1 is 1.32 bits per heavy atom. The Hall–Kier alpha value is -2.63. The van der Waals surface area contributed by atoms with Gasteiger partial charge >= 0.3 is 0 Å². The van der Waals surface area contributed by atoms with E-state index in [-0.39, 0.29) is 0 Å². The number of ether oxygens (including phenoxy) is 1. The van der Waals surface area contributed by atoms with Crippen LogP contribution in [0.5, 0.6) is 11.6 Å². The van der Waals surface area contributed by atoms with Crippen LogP contribution in [-0.2, 0) is 0 Å². The number of aryl methyl sites for hydroxylation is 1. The van der Waals surface area contributed by atoms with Crippen LogP contribution >= 0.6 is 0 Å². The number of aromatic nitrogens is 2. The van der Waals surface area contributed by atoms with Crippen molar-refractivity contribution in [2.24, 2.45) is 5.73 Å². The van der Waals surface area contributed by atoms with E-state index in [4.69, 9.17) is 10.5 Å². The molecule has 0 aliphatic carbocycles. The van der Waals surface area contributed by atoms with Crippen molar-refractivity contribution in [3.63, 3.8) is 0 Å². The highest BCUT2D eigenvalue weighted by Crippen LogP contribution is 2.24. The van der Waals surface area contributed by atoms with Crippen molar-refractivity contribution in [2.45, 2.75) is 6.92 Å². The van der Waals surface area contributed by atoms with E-state index in [1.165, 1.54) is 0 Å². The average Bonchev–Trinajstić information content (AvgIpc) is 2.38. The van der Waals surface area contributed by atoms with Gasteiger partial charge in [0.1, 0.15) is 5.75 Å². The van der Waals surface area contributed by atoms with Crippen LogP contribution in [0.4, 0.5) is 5.95 Å². The predicted molar refractivity (Wildman–Crippen MR) is 71.3 cm³/mol. The number of carbonyl (C=O) groups excluding carboxylic acids is 1. The molecule has 1 amide bonds. The standard InChI is InChI=1S/C13H14N4O2/c1-8-7-11(17-13(15-2)16-8)19-10-6-4-3-5-9(10)12(14)18/h3-7H,1-2H3,(H2,14,18)(H,15,16,17).